The lowest BCUT2D eigenvalue weighted by molar-refractivity contribution is 0.628. The van der Waals surface area contributed by atoms with Crippen molar-refractivity contribution in [1.29, 1.82) is 0 Å². The minimum Gasteiger partial charge on any atom is -0.383 e. The summed E-state index contributed by atoms with van der Waals surface area (Å²) in [4.78, 5) is 4.66. The minimum absolute atomic E-state index is 0.242. The molecular formula is C20H19ClFN3. The van der Waals surface area contributed by atoms with Crippen LogP contribution in [0.3, 0.4) is 0 Å². The van der Waals surface area contributed by atoms with E-state index in [4.69, 9.17) is 11.6 Å². The molecule has 2 aromatic carbocycles. The van der Waals surface area contributed by atoms with Crippen LogP contribution in [-0.2, 0) is 0 Å². The van der Waals surface area contributed by atoms with Gasteiger partial charge in [0, 0.05) is 29.2 Å². The number of fused-ring (bicyclic) bond motifs is 1. The summed E-state index contributed by atoms with van der Waals surface area (Å²) in [7, 11) is 1.92. The highest BCUT2D eigenvalue weighted by Crippen LogP contribution is 2.27. The van der Waals surface area contributed by atoms with E-state index >= 15 is 0 Å². The van der Waals surface area contributed by atoms with Crippen LogP contribution in [0.1, 0.15) is 11.3 Å². The fraction of sp³-hybridized carbons (Fsp3) is 0.150. The second-order valence-electron chi connectivity index (χ2n) is 5.67. The molecule has 2 N–H and O–H groups in total. The third-order valence-electron chi connectivity index (χ3n) is 3.80. The van der Waals surface area contributed by atoms with Crippen molar-refractivity contribution in [2.24, 2.45) is 0 Å². The maximum atomic E-state index is 13.0. The van der Waals surface area contributed by atoms with Crippen molar-refractivity contribution >= 4 is 40.3 Å². The van der Waals surface area contributed by atoms with Gasteiger partial charge in [-0.3, -0.25) is 0 Å². The SMILES string of the molecule is CNCCNc1cc(/C=C/c2ccc(F)cc2)nc2ccc(Cl)cc12. The number of anilines is 1. The predicted molar refractivity (Wildman–Crippen MR) is 104 cm³/mol. The van der Waals surface area contributed by atoms with E-state index in [9.17, 15) is 4.39 Å². The molecule has 5 heteroatoms. The average Bonchev–Trinajstić information content (AvgIpc) is 2.62. The Morgan fingerprint density at radius 2 is 1.84 bits per heavy atom. The van der Waals surface area contributed by atoms with E-state index in [1.165, 1.54) is 12.1 Å². The topological polar surface area (TPSA) is 37.0 Å². The van der Waals surface area contributed by atoms with Crippen LogP contribution in [0, 0.1) is 5.82 Å². The summed E-state index contributed by atoms with van der Waals surface area (Å²) >= 11 is 6.13. The van der Waals surface area contributed by atoms with Crippen molar-refractivity contribution in [3.8, 4) is 0 Å². The molecule has 0 aliphatic rings. The predicted octanol–water partition coefficient (Wildman–Crippen LogP) is 4.83. The van der Waals surface area contributed by atoms with Crippen molar-refractivity contribution in [3.63, 3.8) is 0 Å². The number of nitrogens with one attached hydrogen (secondary N) is 2. The summed E-state index contributed by atoms with van der Waals surface area (Å²) in [6, 6.07) is 14.0. The van der Waals surface area contributed by atoms with Crippen LogP contribution in [0.15, 0.2) is 48.5 Å². The van der Waals surface area contributed by atoms with E-state index in [-0.39, 0.29) is 5.82 Å². The summed E-state index contributed by atoms with van der Waals surface area (Å²) in [6.45, 7) is 1.65. The van der Waals surface area contributed by atoms with Gasteiger partial charge in [-0.2, -0.15) is 0 Å². The lowest BCUT2D eigenvalue weighted by Crippen LogP contribution is -2.17. The first-order chi connectivity index (χ1) is 12.2. The van der Waals surface area contributed by atoms with Crippen LogP contribution in [0.2, 0.25) is 5.02 Å². The highest BCUT2D eigenvalue weighted by Gasteiger charge is 2.05. The van der Waals surface area contributed by atoms with Gasteiger partial charge >= 0.3 is 0 Å². The molecule has 25 heavy (non-hydrogen) atoms. The van der Waals surface area contributed by atoms with Gasteiger partial charge in [-0.1, -0.05) is 29.8 Å². The number of aromatic nitrogens is 1. The Morgan fingerprint density at radius 1 is 1.04 bits per heavy atom. The number of pyridine rings is 1. The highest BCUT2D eigenvalue weighted by atomic mass is 35.5. The lowest BCUT2D eigenvalue weighted by atomic mass is 10.1. The van der Waals surface area contributed by atoms with Crippen LogP contribution in [0.5, 0.6) is 0 Å². The van der Waals surface area contributed by atoms with Crippen molar-refractivity contribution in [1.82, 2.24) is 10.3 Å². The second kappa shape index (κ2) is 8.10. The van der Waals surface area contributed by atoms with Crippen LogP contribution >= 0.6 is 11.6 Å². The molecule has 3 nitrogen and oxygen atoms in total. The van der Waals surface area contributed by atoms with Gasteiger partial charge in [-0.05, 0) is 55.1 Å². The Balaban J connectivity index is 1.94. The molecule has 0 amide bonds. The molecule has 0 fully saturated rings. The molecule has 0 spiro atoms. The van der Waals surface area contributed by atoms with E-state index < -0.39 is 0 Å². The summed E-state index contributed by atoms with van der Waals surface area (Å²) in [6.07, 6.45) is 3.84. The molecular weight excluding hydrogens is 337 g/mol. The van der Waals surface area contributed by atoms with E-state index in [2.05, 4.69) is 15.6 Å². The highest BCUT2D eigenvalue weighted by molar-refractivity contribution is 6.31. The van der Waals surface area contributed by atoms with Gasteiger partial charge in [0.15, 0.2) is 0 Å². The van der Waals surface area contributed by atoms with Gasteiger partial charge in [-0.15, -0.1) is 0 Å². The van der Waals surface area contributed by atoms with Crippen LogP contribution in [0.4, 0.5) is 10.1 Å². The summed E-state index contributed by atoms with van der Waals surface area (Å²) in [5, 5.41) is 8.20. The number of hydrogen-bond donors (Lipinski definition) is 2. The van der Waals surface area contributed by atoms with Gasteiger partial charge in [0.2, 0.25) is 0 Å². The third-order valence-corrected chi connectivity index (χ3v) is 4.03. The summed E-state index contributed by atoms with van der Waals surface area (Å²) < 4.78 is 13.0. The fourth-order valence-corrected chi connectivity index (χ4v) is 2.70. The van der Waals surface area contributed by atoms with Crippen LogP contribution < -0.4 is 10.6 Å². The first-order valence-electron chi connectivity index (χ1n) is 8.08. The monoisotopic (exact) mass is 355 g/mol. The Morgan fingerprint density at radius 3 is 2.60 bits per heavy atom. The minimum atomic E-state index is -0.242. The first kappa shape index (κ1) is 17.4. The molecule has 0 aliphatic carbocycles. The quantitative estimate of drug-likeness (QED) is 0.622. The molecule has 0 radical (unpaired) electrons. The Bertz CT molecular complexity index is 891. The molecule has 0 atom stereocenters. The zero-order chi connectivity index (χ0) is 17.6. The van der Waals surface area contributed by atoms with Gasteiger partial charge in [0.1, 0.15) is 5.82 Å². The maximum Gasteiger partial charge on any atom is 0.123 e. The van der Waals surface area contributed by atoms with E-state index in [1.807, 2.05) is 43.5 Å². The average molecular weight is 356 g/mol. The Labute approximate surface area is 151 Å². The number of rotatable bonds is 6. The molecule has 0 unspecified atom stereocenters. The largest absolute Gasteiger partial charge is 0.383 e. The molecule has 1 heterocycles. The van der Waals surface area contributed by atoms with Crippen molar-refractivity contribution in [3.05, 3.63) is 70.6 Å². The number of halogens is 2. The molecule has 3 aromatic rings. The maximum absolute atomic E-state index is 13.0. The number of benzene rings is 2. The molecule has 0 saturated carbocycles. The normalized spacial score (nSPS) is 11.3. The zero-order valence-corrected chi connectivity index (χ0v) is 14.6. The fourth-order valence-electron chi connectivity index (χ4n) is 2.53. The van der Waals surface area contributed by atoms with E-state index in [0.717, 1.165) is 40.9 Å². The molecule has 3 rings (SSSR count). The standard InChI is InChI=1S/C20H19ClFN3/c1-23-10-11-24-20-13-17(8-4-14-2-6-16(22)7-3-14)25-19-9-5-15(21)12-18(19)20/h2-9,12-13,23H,10-11H2,1H3,(H,24,25)/b8-4+. The molecule has 0 aliphatic heterocycles. The number of nitrogens with zero attached hydrogens (tertiary/aromatic N) is 1. The van der Waals surface area contributed by atoms with E-state index in [1.54, 1.807) is 12.1 Å². The zero-order valence-electron chi connectivity index (χ0n) is 13.9. The number of likely N-dealkylation sites (N-methyl/N-ethyl adjacent to an activating group) is 1. The second-order valence-corrected chi connectivity index (χ2v) is 6.11. The molecule has 0 bridgehead atoms. The van der Waals surface area contributed by atoms with Crippen molar-refractivity contribution < 1.29 is 4.39 Å². The molecule has 128 valence electrons. The molecule has 1 aromatic heterocycles. The first-order valence-corrected chi connectivity index (χ1v) is 8.46. The van der Waals surface area contributed by atoms with Crippen LogP contribution in [-0.4, -0.2) is 25.1 Å². The smallest absolute Gasteiger partial charge is 0.123 e. The summed E-state index contributed by atoms with van der Waals surface area (Å²) in [5.74, 6) is -0.242. The Kier molecular flexibility index (Phi) is 5.64. The van der Waals surface area contributed by atoms with Crippen molar-refractivity contribution in [2.45, 2.75) is 0 Å². The van der Waals surface area contributed by atoms with Gasteiger partial charge in [-0.25, -0.2) is 9.37 Å². The van der Waals surface area contributed by atoms with E-state index in [0.29, 0.717) is 5.02 Å². The van der Waals surface area contributed by atoms with Gasteiger partial charge in [0.25, 0.3) is 0 Å². The third kappa shape index (κ3) is 4.56. The number of hydrogen-bond acceptors (Lipinski definition) is 3. The van der Waals surface area contributed by atoms with Gasteiger partial charge in [0.05, 0.1) is 11.2 Å². The Hall–Kier alpha value is -2.43. The van der Waals surface area contributed by atoms with Crippen LogP contribution in [0.25, 0.3) is 23.1 Å². The lowest BCUT2D eigenvalue weighted by Gasteiger charge is -2.11. The molecule has 0 saturated heterocycles. The summed E-state index contributed by atoms with van der Waals surface area (Å²) in [5.41, 5.74) is 3.61. The van der Waals surface area contributed by atoms with Gasteiger partial charge < -0.3 is 10.6 Å². The van der Waals surface area contributed by atoms with Crippen molar-refractivity contribution in [2.75, 3.05) is 25.5 Å².